The average Bonchev–Trinajstić information content (AvgIpc) is 0.846. The van der Waals surface area contributed by atoms with Gasteiger partial charge in [0.05, 0.1) is 39.5 Å². The normalized spacial score (nSPS) is 13.3. The Morgan fingerprint density at radius 2 is 1.31 bits per heavy atom. The molecule has 29 nitrogen and oxygen atoms in total. The van der Waals surface area contributed by atoms with E-state index in [1.807, 2.05) is 24.3 Å². The Balaban J connectivity index is 0.0000106. The van der Waals surface area contributed by atoms with Crippen LogP contribution >= 0.6 is 0 Å². The molecule has 0 saturated carbocycles. The number of benzene rings is 9. The predicted octanol–water partition coefficient (Wildman–Crippen LogP) is 6.38. The van der Waals surface area contributed by atoms with E-state index in [-0.39, 0.29) is 161 Å². The summed E-state index contributed by atoms with van der Waals surface area (Å²) >= 11 is 0. The van der Waals surface area contributed by atoms with Crippen molar-refractivity contribution in [2.75, 3.05) is 64.2 Å². The zero-order valence-corrected chi connectivity index (χ0v) is 61.6. The van der Waals surface area contributed by atoms with Crippen LogP contribution in [0, 0.1) is 5.92 Å². The molecule has 1 fully saturated rings. The molecule has 0 unspecified atom stereocenters. The lowest BCUT2D eigenvalue weighted by atomic mass is 9.89. The molecule has 0 spiro atoms. The van der Waals surface area contributed by atoms with E-state index in [0.29, 0.717) is 72.4 Å². The van der Waals surface area contributed by atoms with Gasteiger partial charge in [-0.1, -0.05) is 42.5 Å². The number of amides is 2. The Labute approximate surface area is 633 Å². The van der Waals surface area contributed by atoms with Gasteiger partial charge < -0.3 is 67.0 Å². The second-order valence-electron chi connectivity index (χ2n) is 25.6. The second-order valence-corrected chi connectivity index (χ2v) is 30.4. The molecule has 2 aromatic heterocycles. The number of sulfonamides is 1. The molecule has 110 heavy (non-hydrogen) atoms. The highest BCUT2D eigenvalue weighted by atomic mass is 35.5. The quantitative estimate of drug-likeness (QED) is 0.0149. The maximum absolute atomic E-state index is 15.0. The number of piperidine rings is 1. The largest absolute Gasteiger partial charge is 1.00 e. The van der Waals surface area contributed by atoms with Crippen LogP contribution in [-0.4, -0.2) is 140 Å². The molecular formula is C77H67ClN10O19S3. The lowest BCUT2D eigenvalue weighted by Gasteiger charge is -2.31. The highest BCUT2D eigenvalue weighted by Crippen LogP contribution is 2.46. The highest BCUT2D eigenvalue weighted by molar-refractivity contribution is 7.89. The van der Waals surface area contributed by atoms with Gasteiger partial charge in [0, 0.05) is 131 Å². The first-order valence-corrected chi connectivity index (χ1v) is 38.2. The lowest BCUT2D eigenvalue weighted by Crippen LogP contribution is -3.00. The molecule has 0 radical (unpaired) electrons. The fourth-order valence-electron chi connectivity index (χ4n) is 13.1. The number of hydrogen-bond donors (Lipinski definition) is 7. The van der Waals surface area contributed by atoms with E-state index in [1.54, 1.807) is 90.3 Å². The monoisotopic (exact) mass is 1570 g/mol. The van der Waals surface area contributed by atoms with E-state index in [0.717, 1.165) is 11.1 Å². The molecule has 564 valence electrons. The molecule has 8 N–H and O–H groups in total. The number of rotatable bonds is 24. The SMILES string of the molecule is CN(c1ccc(S(=O)(=O)O)cc1)c1ccc2c(-c3ccccc3S(=O)(=O)N3CCC(C(=O)NCCOCCOn4cnc5c(OCc6ccc(CNC(=O)c7ccc(C(=O)O)c(-c8c9ccc(=O)cc-9oc9cc(O)ccc89)c7)cc6)nc(N)nc54)CC3)c3ccc(=[N+](C)c4ccc(S(=O)(=O)O)cc4)cc-3oc2c1.[Cl-]. The molecule has 0 bridgehead atoms. The zero-order chi connectivity index (χ0) is 76.6. The molecule has 2 amide bonds. The van der Waals surface area contributed by atoms with Crippen molar-refractivity contribution in [2.45, 2.75) is 40.7 Å². The average molecular weight is 1570 g/mol. The topological polar surface area (TPSA) is 409 Å². The van der Waals surface area contributed by atoms with E-state index in [9.17, 15) is 55.3 Å². The van der Waals surface area contributed by atoms with Crippen LogP contribution in [0.5, 0.6) is 11.6 Å². The smallest absolute Gasteiger partial charge is 0.336 e. The third-order valence-electron chi connectivity index (χ3n) is 18.8. The molecule has 2 aliphatic carbocycles. The summed E-state index contributed by atoms with van der Waals surface area (Å²) in [6.45, 7) is 0.716. The summed E-state index contributed by atoms with van der Waals surface area (Å²) in [5, 5.41) is 27.9. The number of aromatic carboxylic acids is 1. The number of nitrogens with zero attached hydrogens (tertiary/aromatic N) is 7. The summed E-state index contributed by atoms with van der Waals surface area (Å²) in [5.41, 5.74) is 12.7. The Kier molecular flexibility index (Phi) is 21.6. The van der Waals surface area contributed by atoms with Gasteiger partial charge in [-0.25, -0.2) is 18.2 Å². The summed E-state index contributed by atoms with van der Waals surface area (Å²) in [5.74, 6) is -2.06. The Morgan fingerprint density at radius 3 is 2.01 bits per heavy atom. The summed E-state index contributed by atoms with van der Waals surface area (Å²) < 4.78 is 126. The molecule has 33 heteroatoms. The molecule has 14 rings (SSSR count). The van der Waals surface area contributed by atoms with Gasteiger partial charge in [0.1, 0.15) is 55.0 Å². The molecule has 0 atom stereocenters. The van der Waals surface area contributed by atoms with Crippen molar-refractivity contribution in [3.63, 3.8) is 0 Å². The summed E-state index contributed by atoms with van der Waals surface area (Å²) in [4.78, 5) is 72.3. The minimum atomic E-state index is -4.45. The van der Waals surface area contributed by atoms with Gasteiger partial charge in [0.25, 0.3) is 26.1 Å². The van der Waals surface area contributed by atoms with Crippen LogP contribution in [0.25, 0.3) is 78.0 Å². The molecular weight excluding hydrogens is 1500 g/mol. The number of fused-ring (bicyclic) bond motifs is 5. The number of nitrogen functional groups attached to an aromatic ring is 1. The van der Waals surface area contributed by atoms with E-state index >= 15 is 8.42 Å². The third-order valence-corrected chi connectivity index (χ3v) is 22.5. The molecule has 3 aliphatic heterocycles. The number of carbonyl (C=O) groups is 3. The number of hydrogen-bond acceptors (Lipinski definition) is 21. The van der Waals surface area contributed by atoms with Crippen molar-refractivity contribution in [2.24, 2.45) is 5.92 Å². The number of aromatic nitrogens is 4. The number of ether oxygens (including phenoxy) is 2. The minimum absolute atomic E-state index is 0. The minimum Gasteiger partial charge on any atom is -1.00 e. The summed E-state index contributed by atoms with van der Waals surface area (Å²) in [6.07, 6.45) is 1.87. The van der Waals surface area contributed by atoms with Gasteiger partial charge in [0.15, 0.2) is 10.9 Å². The predicted molar refractivity (Wildman–Crippen MR) is 401 cm³/mol. The van der Waals surface area contributed by atoms with Gasteiger partial charge in [-0.05, 0) is 133 Å². The van der Waals surface area contributed by atoms with Crippen molar-refractivity contribution in [1.82, 2.24) is 39.2 Å². The van der Waals surface area contributed by atoms with E-state index in [4.69, 9.17) is 28.9 Å². The highest BCUT2D eigenvalue weighted by Gasteiger charge is 2.35. The summed E-state index contributed by atoms with van der Waals surface area (Å²) in [7, 11) is -9.61. The van der Waals surface area contributed by atoms with Crippen molar-refractivity contribution < 1.29 is 94.5 Å². The van der Waals surface area contributed by atoms with E-state index < -0.39 is 48.1 Å². The van der Waals surface area contributed by atoms with Crippen molar-refractivity contribution >= 4 is 104 Å². The number of aromatic hydroxyl groups is 1. The molecule has 1 saturated heterocycles. The zero-order valence-electron chi connectivity index (χ0n) is 58.3. The second kappa shape index (κ2) is 31.2. The number of nitrogens with one attached hydrogen (secondary N) is 2. The van der Waals surface area contributed by atoms with Crippen LogP contribution in [0.1, 0.15) is 44.7 Å². The number of anilines is 3. The molecule has 9 aromatic rings. The van der Waals surface area contributed by atoms with E-state index in [1.165, 1.54) is 112 Å². The molecule has 5 heterocycles. The number of nitrogens with two attached hydrogens (primary N) is 1. The number of phenolic OH excluding ortho intramolecular Hbond substituents is 1. The van der Waals surface area contributed by atoms with Crippen molar-refractivity contribution in [3.8, 4) is 56.5 Å². The van der Waals surface area contributed by atoms with Gasteiger partial charge in [0.2, 0.25) is 44.5 Å². The lowest BCUT2D eigenvalue weighted by molar-refractivity contribution is -0.126. The first-order valence-electron chi connectivity index (χ1n) is 33.9. The maximum atomic E-state index is 15.0. The van der Waals surface area contributed by atoms with Crippen molar-refractivity contribution in [3.05, 3.63) is 232 Å². The maximum Gasteiger partial charge on any atom is 0.336 e. The molecule has 7 aromatic carbocycles. The first-order chi connectivity index (χ1) is 52.2. The van der Waals surface area contributed by atoms with Gasteiger partial charge >= 0.3 is 5.97 Å². The number of carboxylic acid groups (broad SMARTS) is 1. The Bertz CT molecular complexity index is 6200. The first kappa shape index (κ1) is 76.1. The van der Waals surface area contributed by atoms with Crippen molar-refractivity contribution in [1.29, 1.82) is 0 Å². The number of carboxylic acids is 1. The van der Waals surface area contributed by atoms with Crippen LogP contribution in [-0.2, 0) is 52.9 Å². The van der Waals surface area contributed by atoms with Gasteiger partial charge in [-0.3, -0.25) is 23.5 Å². The third kappa shape index (κ3) is 15.9. The van der Waals surface area contributed by atoms with Crippen LogP contribution in [0.4, 0.5) is 23.0 Å². The fourth-order valence-corrected chi connectivity index (χ4v) is 15.8. The van der Waals surface area contributed by atoms with E-state index in [2.05, 4.69) is 25.6 Å². The molecule has 5 aliphatic rings. The van der Waals surface area contributed by atoms with Gasteiger partial charge in [-0.2, -0.15) is 40.4 Å². The number of halogens is 1. The summed E-state index contributed by atoms with van der Waals surface area (Å²) in [6, 6.07) is 48.6. The number of phenols is 1. The van der Waals surface area contributed by atoms with Crippen LogP contribution in [0.15, 0.2) is 223 Å². The van der Waals surface area contributed by atoms with Gasteiger partial charge in [-0.15, -0.1) is 0 Å². The number of imidazole rings is 1. The van der Waals surface area contributed by atoms with Crippen LogP contribution < -0.4 is 58.6 Å². The fraction of sp³-hybridized carbons (Fsp3) is 0.169. The van der Waals surface area contributed by atoms with Crippen LogP contribution in [0.3, 0.4) is 0 Å². The Morgan fingerprint density at radius 1 is 0.673 bits per heavy atom. The Hall–Kier alpha value is -12.1. The standard InChI is InChI=1S/C77H66N10O19S3.ClH/c1-84(49-12-20-55(21-13-49)108(96,97)98)51-16-25-58-64(38-51)105-65-39-52(85(2)50-14-22-56(23-15-50)109(99,100)101)17-26-59(65)69(58)62-5-3-4-6-68(62)107(94,95)86-32-29-47(30-33-86)73(90)79-31-34-102-35-36-104-87-44-81-71-72(87)82-77(78)83-75(71)103-43-46-9-7-45(8-10-46)42-80-74(91)48-11-24-57(76(92)93)63(37-48)70-60-27-18-53(88)40-66(60)106-67-41-54(89)19-28-61(67)70;/h3-28,37-41,44,47H,29-36,42-43H2,1-2H3,(H7-,78,79,80,82,83,88,89,90,91,92,93,96,97,98,99,100,101);1H. The number of carbonyl (C=O) groups excluding carboxylic acids is 2. The van der Waals surface area contributed by atoms with Crippen LogP contribution in [0.2, 0.25) is 0 Å².